The molecule has 0 aliphatic heterocycles. The number of nitro groups is 1. The van der Waals surface area contributed by atoms with E-state index in [0.29, 0.717) is 17.5 Å². The molecule has 1 rings (SSSR count). The molecule has 0 aliphatic carbocycles. The van der Waals surface area contributed by atoms with Gasteiger partial charge in [-0.25, -0.2) is 0 Å². The predicted molar refractivity (Wildman–Crippen MR) is 69.6 cm³/mol. The molecule has 0 saturated heterocycles. The van der Waals surface area contributed by atoms with Crippen LogP contribution in [0.2, 0.25) is 5.02 Å². The van der Waals surface area contributed by atoms with Crippen LogP contribution >= 0.6 is 11.6 Å². The molecular formula is C12H17ClN2O2. The summed E-state index contributed by atoms with van der Waals surface area (Å²) >= 11 is 5.76. The van der Waals surface area contributed by atoms with Crippen LogP contribution in [-0.4, -0.2) is 17.5 Å². The number of halogens is 1. The zero-order chi connectivity index (χ0) is 12.8. The van der Waals surface area contributed by atoms with Gasteiger partial charge in [-0.05, 0) is 32.4 Å². The van der Waals surface area contributed by atoms with Crippen molar-refractivity contribution in [1.82, 2.24) is 5.32 Å². The molecule has 94 valence electrons. The second kappa shape index (κ2) is 6.57. The predicted octanol–water partition coefficient (Wildman–Crippen LogP) is 3.18. The van der Waals surface area contributed by atoms with E-state index in [9.17, 15) is 10.1 Å². The Hall–Kier alpha value is -1.13. The Balaban J connectivity index is 2.73. The molecule has 1 unspecified atom stereocenters. The summed E-state index contributed by atoms with van der Waals surface area (Å²) in [4.78, 5) is 10.5. The van der Waals surface area contributed by atoms with Crippen LogP contribution in [0.4, 0.5) is 5.69 Å². The van der Waals surface area contributed by atoms with Crippen molar-refractivity contribution >= 4 is 17.3 Å². The molecule has 0 radical (unpaired) electrons. The van der Waals surface area contributed by atoms with Crippen LogP contribution in [0, 0.1) is 10.1 Å². The Morgan fingerprint density at radius 1 is 1.53 bits per heavy atom. The third-order valence-corrected chi connectivity index (χ3v) is 2.88. The lowest BCUT2D eigenvalue weighted by molar-refractivity contribution is -0.385. The lowest BCUT2D eigenvalue weighted by Crippen LogP contribution is -2.25. The fourth-order valence-electron chi connectivity index (χ4n) is 1.74. The van der Waals surface area contributed by atoms with E-state index in [1.807, 2.05) is 6.92 Å². The second-order valence-electron chi connectivity index (χ2n) is 4.03. The van der Waals surface area contributed by atoms with Crippen LogP contribution in [0.25, 0.3) is 0 Å². The van der Waals surface area contributed by atoms with Gasteiger partial charge in [-0.3, -0.25) is 10.1 Å². The summed E-state index contributed by atoms with van der Waals surface area (Å²) in [6.07, 6.45) is 1.55. The van der Waals surface area contributed by atoms with E-state index >= 15 is 0 Å². The highest BCUT2D eigenvalue weighted by molar-refractivity contribution is 6.30. The zero-order valence-corrected chi connectivity index (χ0v) is 10.8. The fraction of sp³-hybridized carbons (Fsp3) is 0.500. The number of aryl methyl sites for hydroxylation is 1. The van der Waals surface area contributed by atoms with Crippen LogP contribution in [0.1, 0.15) is 25.8 Å². The Bertz CT molecular complexity index is 396. The minimum Gasteiger partial charge on any atom is -0.315 e. The zero-order valence-electron chi connectivity index (χ0n) is 10.1. The standard InChI is InChI=1S/C12H17ClN2O2/c1-3-14-9(2)4-5-10-6-7-11(13)8-12(10)15(16)17/h6-9,14H,3-5H2,1-2H3. The first-order valence-electron chi connectivity index (χ1n) is 5.70. The normalized spacial score (nSPS) is 12.4. The van der Waals surface area contributed by atoms with Gasteiger partial charge >= 0.3 is 0 Å². The minimum absolute atomic E-state index is 0.112. The Morgan fingerprint density at radius 3 is 2.82 bits per heavy atom. The summed E-state index contributed by atoms with van der Waals surface area (Å²) in [5.74, 6) is 0. The third-order valence-electron chi connectivity index (χ3n) is 2.64. The van der Waals surface area contributed by atoms with Crippen molar-refractivity contribution in [1.29, 1.82) is 0 Å². The van der Waals surface area contributed by atoms with Gasteiger partial charge in [0.15, 0.2) is 0 Å². The van der Waals surface area contributed by atoms with Gasteiger partial charge in [0.2, 0.25) is 0 Å². The van der Waals surface area contributed by atoms with Crippen LogP contribution in [-0.2, 0) is 6.42 Å². The number of rotatable bonds is 6. The first kappa shape index (κ1) is 13.9. The van der Waals surface area contributed by atoms with E-state index in [-0.39, 0.29) is 10.6 Å². The maximum absolute atomic E-state index is 10.9. The first-order chi connectivity index (χ1) is 8.04. The average Bonchev–Trinajstić information content (AvgIpc) is 2.27. The number of nitro benzene ring substituents is 1. The van der Waals surface area contributed by atoms with Gasteiger partial charge in [-0.1, -0.05) is 24.6 Å². The van der Waals surface area contributed by atoms with Gasteiger partial charge < -0.3 is 5.32 Å². The minimum atomic E-state index is -0.376. The third kappa shape index (κ3) is 4.32. The van der Waals surface area contributed by atoms with Gasteiger partial charge in [-0.15, -0.1) is 0 Å². The maximum Gasteiger partial charge on any atom is 0.274 e. The summed E-state index contributed by atoms with van der Waals surface area (Å²) in [6, 6.07) is 5.20. The smallest absolute Gasteiger partial charge is 0.274 e. The number of nitrogens with one attached hydrogen (secondary N) is 1. The highest BCUT2D eigenvalue weighted by Gasteiger charge is 2.14. The van der Waals surface area contributed by atoms with Crippen molar-refractivity contribution in [2.24, 2.45) is 0 Å². The van der Waals surface area contributed by atoms with E-state index in [1.54, 1.807) is 12.1 Å². The quantitative estimate of drug-likeness (QED) is 0.628. The lowest BCUT2D eigenvalue weighted by atomic mass is 10.0. The molecule has 0 saturated carbocycles. The van der Waals surface area contributed by atoms with Crippen LogP contribution in [0.3, 0.4) is 0 Å². The molecule has 0 aromatic heterocycles. The van der Waals surface area contributed by atoms with Crippen LogP contribution in [0.5, 0.6) is 0 Å². The average molecular weight is 257 g/mol. The highest BCUT2D eigenvalue weighted by Crippen LogP contribution is 2.24. The van der Waals surface area contributed by atoms with E-state index in [2.05, 4.69) is 12.2 Å². The van der Waals surface area contributed by atoms with E-state index in [4.69, 9.17) is 11.6 Å². The van der Waals surface area contributed by atoms with Crippen molar-refractivity contribution in [2.75, 3.05) is 6.54 Å². The summed E-state index contributed by atoms with van der Waals surface area (Å²) in [6.45, 7) is 5.02. The topological polar surface area (TPSA) is 55.2 Å². The lowest BCUT2D eigenvalue weighted by Gasteiger charge is -2.11. The number of hydrogen-bond acceptors (Lipinski definition) is 3. The molecule has 4 nitrogen and oxygen atoms in total. The van der Waals surface area contributed by atoms with Crippen molar-refractivity contribution in [2.45, 2.75) is 32.7 Å². The van der Waals surface area contributed by atoms with Crippen molar-refractivity contribution < 1.29 is 4.92 Å². The van der Waals surface area contributed by atoms with Crippen molar-refractivity contribution in [3.63, 3.8) is 0 Å². The number of nitrogens with zero attached hydrogens (tertiary/aromatic N) is 1. The van der Waals surface area contributed by atoms with E-state index < -0.39 is 0 Å². The number of benzene rings is 1. The Morgan fingerprint density at radius 2 is 2.24 bits per heavy atom. The fourth-order valence-corrected chi connectivity index (χ4v) is 1.91. The highest BCUT2D eigenvalue weighted by atomic mass is 35.5. The molecule has 17 heavy (non-hydrogen) atoms. The molecule has 1 atom stereocenters. The molecule has 0 aliphatic rings. The molecule has 0 bridgehead atoms. The number of hydrogen-bond donors (Lipinski definition) is 1. The summed E-state index contributed by atoms with van der Waals surface area (Å²) < 4.78 is 0. The molecule has 0 fully saturated rings. The second-order valence-corrected chi connectivity index (χ2v) is 4.46. The molecule has 5 heteroatoms. The molecule has 1 N–H and O–H groups in total. The summed E-state index contributed by atoms with van der Waals surface area (Å²) in [7, 11) is 0. The van der Waals surface area contributed by atoms with Crippen molar-refractivity contribution in [3.05, 3.63) is 38.9 Å². The van der Waals surface area contributed by atoms with E-state index in [0.717, 1.165) is 18.5 Å². The monoisotopic (exact) mass is 256 g/mol. The SMILES string of the molecule is CCNC(C)CCc1ccc(Cl)cc1[N+](=O)[O-]. The largest absolute Gasteiger partial charge is 0.315 e. The molecule has 0 spiro atoms. The van der Waals surface area contributed by atoms with Crippen LogP contribution < -0.4 is 5.32 Å². The van der Waals surface area contributed by atoms with Gasteiger partial charge in [0.1, 0.15) is 0 Å². The Kier molecular flexibility index (Phi) is 5.38. The maximum atomic E-state index is 10.9. The molecule has 1 aromatic rings. The van der Waals surface area contributed by atoms with Crippen LogP contribution in [0.15, 0.2) is 18.2 Å². The van der Waals surface area contributed by atoms with Gasteiger partial charge in [0, 0.05) is 22.7 Å². The van der Waals surface area contributed by atoms with Gasteiger partial charge in [0.25, 0.3) is 5.69 Å². The first-order valence-corrected chi connectivity index (χ1v) is 6.08. The molecule has 1 aromatic carbocycles. The Labute approximate surface area is 106 Å². The molecular weight excluding hydrogens is 240 g/mol. The summed E-state index contributed by atoms with van der Waals surface area (Å²) in [5, 5.41) is 14.6. The van der Waals surface area contributed by atoms with Gasteiger partial charge in [0.05, 0.1) is 4.92 Å². The molecule has 0 amide bonds. The van der Waals surface area contributed by atoms with Gasteiger partial charge in [-0.2, -0.15) is 0 Å². The summed E-state index contributed by atoms with van der Waals surface area (Å²) in [5.41, 5.74) is 0.852. The van der Waals surface area contributed by atoms with E-state index in [1.165, 1.54) is 6.07 Å². The molecule has 0 heterocycles. The van der Waals surface area contributed by atoms with Crippen molar-refractivity contribution in [3.8, 4) is 0 Å².